The Bertz CT molecular complexity index is 712. The molecule has 0 spiro atoms. The molecular weight excluding hydrogens is 308 g/mol. The molecule has 24 heavy (non-hydrogen) atoms. The van der Waals surface area contributed by atoms with Crippen molar-refractivity contribution in [3.05, 3.63) is 48.4 Å². The van der Waals surface area contributed by atoms with Crippen LogP contribution in [0.2, 0.25) is 0 Å². The van der Waals surface area contributed by atoms with Crippen molar-refractivity contribution in [2.45, 2.75) is 19.4 Å². The number of likely N-dealkylation sites (N-methyl/N-ethyl adjacent to an activating group) is 1. The number of amides is 2. The molecule has 6 nitrogen and oxygen atoms in total. The topological polar surface area (TPSA) is 63.0 Å². The molecule has 3 rings (SSSR count). The van der Waals surface area contributed by atoms with Crippen molar-refractivity contribution in [3.8, 4) is 5.75 Å². The smallest absolute Gasteiger partial charge is 0.260 e. The zero-order valence-corrected chi connectivity index (χ0v) is 13.6. The molecular formula is C18H20N2O4. The molecule has 2 aromatic rings. The zero-order chi connectivity index (χ0) is 16.9. The van der Waals surface area contributed by atoms with Crippen molar-refractivity contribution >= 4 is 17.5 Å². The maximum absolute atomic E-state index is 12.1. The van der Waals surface area contributed by atoms with Crippen LogP contribution in [0.1, 0.15) is 18.6 Å². The Kier molecular flexibility index (Phi) is 4.84. The number of benzene rings is 1. The molecule has 1 fully saturated rings. The van der Waals surface area contributed by atoms with Crippen molar-refractivity contribution in [2.24, 2.45) is 0 Å². The standard InChI is InChI=1S/C18H20N2O4/c1-19(12-16-7-4-10-23-16)18(22)13-24-15-6-2-5-14(11-15)20-9-3-8-17(20)21/h2,4-7,10-11H,3,8-9,12-13H2,1H3. The van der Waals surface area contributed by atoms with Crippen molar-refractivity contribution in [2.75, 3.05) is 25.1 Å². The first-order chi connectivity index (χ1) is 11.6. The summed E-state index contributed by atoms with van der Waals surface area (Å²) in [5.41, 5.74) is 0.811. The average Bonchev–Trinajstić information content (AvgIpc) is 3.24. The summed E-state index contributed by atoms with van der Waals surface area (Å²) < 4.78 is 10.8. The average molecular weight is 328 g/mol. The summed E-state index contributed by atoms with van der Waals surface area (Å²) >= 11 is 0. The molecule has 1 aromatic heterocycles. The van der Waals surface area contributed by atoms with Gasteiger partial charge in [0.15, 0.2) is 6.61 Å². The lowest BCUT2D eigenvalue weighted by Gasteiger charge is -2.18. The Hall–Kier alpha value is -2.76. The van der Waals surface area contributed by atoms with Crippen LogP contribution in [0.4, 0.5) is 5.69 Å². The van der Waals surface area contributed by atoms with E-state index in [9.17, 15) is 9.59 Å². The lowest BCUT2D eigenvalue weighted by atomic mass is 10.3. The van der Waals surface area contributed by atoms with E-state index in [-0.39, 0.29) is 18.4 Å². The van der Waals surface area contributed by atoms with E-state index in [2.05, 4.69) is 0 Å². The predicted octanol–water partition coefficient (Wildman–Crippen LogP) is 2.44. The quantitative estimate of drug-likeness (QED) is 0.817. The molecule has 1 aliphatic heterocycles. The highest BCUT2D eigenvalue weighted by atomic mass is 16.5. The number of carbonyl (C=O) groups excluding carboxylic acids is 2. The molecule has 126 valence electrons. The van der Waals surface area contributed by atoms with Crippen LogP contribution in [-0.4, -0.2) is 36.9 Å². The summed E-state index contributed by atoms with van der Waals surface area (Å²) in [4.78, 5) is 27.2. The number of ether oxygens (including phenoxy) is 1. The largest absolute Gasteiger partial charge is 0.484 e. The zero-order valence-electron chi connectivity index (χ0n) is 13.6. The number of nitrogens with zero attached hydrogens (tertiary/aromatic N) is 2. The van der Waals surface area contributed by atoms with Gasteiger partial charge >= 0.3 is 0 Å². The van der Waals surface area contributed by atoms with E-state index in [1.165, 1.54) is 0 Å². The highest BCUT2D eigenvalue weighted by molar-refractivity contribution is 5.95. The monoisotopic (exact) mass is 328 g/mol. The second-order valence-electron chi connectivity index (χ2n) is 5.76. The van der Waals surface area contributed by atoms with E-state index in [0.29, 0.717) is 18.7 Å². The molecule has 0 radical (unpaired) electrons. The fourth-order valence-electron chi connectivity index (χ4n) is 2.64. The number of carbonyl (C=O) groups is 2. The fourth-order valence-corrected chi connectivity index (χ4v) is 2.64. The van der Waals surface area contributed by atoms with Crippen molar-refractivity contribution < 1.29 is 18.7 Å². The first kappa shape index (κ1) is 16.1. The Morgan fingerprint density at radius 3 is 2.92 bits per heavy atom. The number of hydrogen-bond acceptors (Lipinski definition) is 4. The maximum Gasteiger partial charge on any atom is 0.260 e. The lowest BCUT2D eigenvalue weighted by Crippen LogP contribution is -2.30. The summed E-state index contributed by atoms with van der Waals surface area (Å²) in [6.07, 6.45) is 3.04. The van der Waals surface area contributed by atoms with Gasteiger partial charge in [0.1, 0.15) is 11.5 Å². The van der Waals surface area contributed by atoms with Gasteiger partial charge in [-0.1, -0.05) is 6.07 Å². The van der Waals surface area contributed by atoms with Crippen molar-refractivity contribution in [1.29, 1.82) is 0 Å². The van der Waals surface area contributed by atoms with Gasteiger partial charge in [-0.25, -0.2) is 0 Å². The van der Waals surface area contributed by atoms with Gasteiger partial charge in [-0.2, -0.15) is 0 Å². The van der Waals surface area contributed by atoms with Gasteiger partial charge in [0, 0.05) is 31.8 Å². The Morgan fingerprint density at radius 2 is 2.21 bits per heavy atom. The highest BCUT2D eigenvalue weighted by Gasteiger charge is 2.22. The second kappa shape index (κ2) is 7.21. The minimum Gasteiger partial charge on any atom is -0.484 e. The van der Waals surface area contributed by atoms with Crippen LogP contribution in [0.3, 0.4) is 0 Å². The summed E-state index contributed by atoms with van der Waals surface area (Å²) in [5, 5.41) is 0. The lowest BCUT2D eigenvalue weighted by molar-refractivity contribution is -0.132. The number of anilines is 1. The first-order valence-electron chi connectivity index (χ1n) is 7.93. The highest BCUT2D eigenvalue weighted by Crippen LogP contribution is 2.25. The molecule has 0 atom stereocenters. The third-order valence-corrected chi connectivity index (χ3v) is 3.96. The molecule has 6 heteroatoms. The third kappa shape index (κ3) is 3.76. The van der Waals surface area contributed by atoms with E-state index < -0.39 is 0 Å². The summed E-state index contributed by atoms with van der Waals surface area (Å²) in [6, 6.07) is 10.9. The predicted molar refractivity (Wildman–Crippen MR) is 88.7 cm³/mol. The molecule has 0 aliphatic carbocycles. The van der Waals surface area contributed by atoms with Gasteiger partial charge in [-0.3, -0.25) is 9.59 Å². The number of hydrogen-bond donors (Lipinski definition) is 0. The molecule has 1 saturated heterocycles. The van der Waals surface area contributed by atoms with Gasteiger partial charge in [0.05, 0.1) is 12.8 Å². The third-order valence-electron chi connectivity index (χ3n) is 3.96. The van der Waals surface area contributed by atoms with Gasteiger partial charge in [0.25, 0.3) is 5.91 Å². The minimum atomic E-state index is -0.144. The van der Waals surface area contributed by atoms with Gasteiger partial charge in [-0.05, 0) is 30.7 Å². The van der Waals surface area contributed by atoms with Gasteiger partial charge in [-0.15, -0.1) is 0 Å². The normalized spacial score (nSPS) is 14.0. The Labute approximate surface area is 140 Å². The van der Waals surface area contributed by atoms with Crippen LogP contribution >= 0.6 is 0 Å². The van der Waals surface area contributed by atoms with Gasteiger partial charge in [0.2, 0.25) is 5.91 Å². The molecule has 0 bridgehead atoms. The van der Waals surface area contributed by atoms with Crippen LogP contribution in [0.25, 0.3) is 0 Å². The second-order valence-corrected chi connectivity index (χ2v) is 5.76. The van der Waals surface area contributed by atoms with Crippen molar-refractivity contribution in [3.63, 3.8) is 0 Å². The van der Waals surface area contributed by atoms with Crippen LogP contribution in [0, 0.1) is 0 Å². The maximum atomic E-state index is 12.1. The van der Waals surface area contributed by atoms with E-state index in [1.807, 2.05) is 18.2 Å². The number of rotatable bonds is 6. The van der Waals surface area contributed by atoms with Gasteiger partial charge < -0.3 is 19.0 Å². The summed E-state index contributed by atoms with van der Waals surface area (Å²) in [5.74, 6) is 1.28. The summed E-state index contributed by atoms with van der Waals surface area (Å²) in [6.45, 7) is 1.07. The first-order valence-corrected chi connectivity index (χ1v) is 7.93. The van der Waals surface area contributed by atoms with E-state index in [0.717, 1.165) is 24.4 Å². The SMILES string of the molecule is CN(Cc1ccco1)C(=O)COc1cccc(N2CCCC2=O)c1. The molecule has 1 aliphatic rings. The molecule has 2 heterocycles. The summed E-state index contributed by atoms with van der Waals surface area (Å²) in [7, 11) is 1.70. The van der Waals surface area contributed by atoms with Crippen LogP contribution in [0.15, 0.2) is 47.1 Å². The molecule has 0 saturated carbocycles. The number of furan rings is 1. The van der Waals surface area contributed by atoms with E-state index in [4.69, 9.17) is 9.15 Å². The Morgan fingerprint density at radius 1 is 1.33 bits per heavy atom. The van der Waals surface area contributed by atoms with E-state index in [1.54, 1.807) is 41.3 Å². The Balaban J connectivity index is 1.56. The molecule has 2 amide bonds. The van der Waals surface area contributed by atoms with Crippen LogP contribution < -0.4 is 9.64 Å². The van der Waals surface area contributed by atoms with Crippen LogP contribution in [-0.2, 0) is 16.1 Å². The minimum absolute atomic E-state index is 0.0609. The van der Waals surface area contributed by atoms with E-state index >= 15 is 0 Å². The fraction of sp³-hybridized carbons (Fsp3) is 0.333. The van der Waals surface area contributed by atoms with Crippen LogP contribution in [0.5, 0.6) is 5.75 Å². The molecule has 0 unspecified atom stereocenters. The molecule has 0 N–H and O–H groups in total. The molecule has 1 aromatic carbocycles. The van der Waals surface area contributed by atoms with Crippen molar-refractivity contribution in [1.82, 2.24) is 4.90 Å².